The number of thiol groups is 1. The second-order valence-corrected chi connectivity index (χ2v) is 15.4. The van der Waals surface area contributed by atoms with Gasteiger partial charge in [0.2, 0.25) is 0 Å². The van der Waals surface area contributed by atoms with Gasteiger partial charge in [-0.25, -0.2) is 0 Å². The molecule has 2 heterocycles. The van der Waals surface area contributed by atoms with Crippen LogP contribution in [0.25, 0.3) is 40.3 Å². The molecule has 244 valence electrons. The summed E-state index contributed by atoms with van der Waals surface area (Å²) in [4.78, 5) is 25.9. The third kappa shape index (κ3) is 8.19. The molecule has 0 aliphatic heterocycles. The van der Waals surface area contributed by atoms with Crippen molar-refractivity contribution in [2.75, 3.05) is 0 Å². The molecule has 0 unspecified atom stereocenters. The van der Waals surface area contributed by atoms with Crippen LogP contribution in [-0.4, -0.2) is 0 Å². The van der Waals surface area contributed by atoms with E-state index in [0.29, 0.717) is 25.8 Å². The van der Waals surface area contributed by atoms with Crippen LogP contribution in [0.15, 0.2) is 148 Å². The Labute approximate surface area is 316 Å². The topological polar surface area (TPSA) is 34.1 Å². The zero-order chi connectivity index (χ0) is 34.3. The molecule has 8 rings (SSSR count). The largest absolute Gasteiger partial charge is 0.289 e. The van der Waals surface area contributed by atoms with E-state index >= 15 is 0 Å². The lowest BCUT2D eigenvalue weighted by molar-refractivity contribution is 1.39. The zero-order valence-corrected chi connectivity index (χ0v) is 31.3. The van der Waals surface area contributed by atoms with Crippen molar-refractivity contribution >= 4 is 122 Å². The highest BCUT2D eigenvalue weighted by molar-refractivity contribution is 7.98. The quantitative estimate of drug-likeness (QED) is 0.110. The molecule has 6 aromatic carbocycles. The number of fused-ring (bicyclic) bond motifs is 4. The fraction of sp³-hybridized carbons (Fsp3) is 0.0500. The molecule has 0 atom stereocenters. The Kier molecular flexibility index (Phi) is 12.0. The molecule has 2 nitrogen and oxygen atoms in total. The third-order valence-corrected chi connectivity index (χ3v) is 13.0. The van der Waals surface area contributed by atoms with Crippen molar-refractivity contribution in [3.63, 3.8) is 0 Å². The smallest absolute Gasteiger partial charge is 0.195 e. The zero-order valence-electron chi connectivity index (χ0n) is 25.7. The Hall–Kier alpha value is -3.33. The number of rotatable bonds is 4. The van der Waals surface area contributed by atoms with E-state index in [0.717, 1.165) is 46.0 Å². The van der Waals surface area contributed by atoms with Crippen molar-refractivity contribution < 1.29 is 0 Å². The Morgan fingerprint density at radius 1 is 0.510 bits per heavy atom. The van der Waals surface area contributed by atoms with Crippen LogP contribution in [-0.2, 0) is 11.5 Å². The van der Waals surface area contributed by atoms with Crippen LogP contribution in [0.1, 0.15) is 11.1 Å². The molecule has 0 fully saturated rings. The van der Waals surface area contributed by atoms with Crippen molar-refractivity contribution in [2.45, 2.75) is 16.4 Å². The number of benzene rings is 6. The molecule has 49 heavy (non-hydrogen) atoms. The van der Waals surface area contributed by atoms with Crippen LogP contribution in [0, 0.1) is 0 Å². The molecular weight excluding hydrogens is 747 g/mol. The second kappa shape index (κ2) is 16.6. The van der Waals surface area contributed by atoms with E-state index in [1.165, 1.54) is 22.5 Å². The van der Waals surface area contributed by atoms with Crippen molar-refractivity contribution in [3.8, 4) is 0 Å². The van der Waals surface area contributed by atoms with Gasteiger partial charge in [-0.1, -0.05) is 120 Å². The Bertz CT molecular complexity index is 2520. The lowest BCUT2D eigenvalue weighted by atomic mass is 10.2. The summed E-state index contributed by atoms with van der Waals surface area (Å²) in [5, 5.41) is 4.43. The minimum Gasteiger partial charge on any atom is -0.289 e. The molecule has 0 bridgehead atoms. The Morgan fingerprint density at radius 2 is 0.980 bits per heavy atom. The summed E-state index contributed by atoms with van der Waals surface area (Å²) in [6.07, 6.45) is 0. The van der Waals surface area contributed by atoms with Gasteiger partial charge in [0, 0.05) is 47.3 Å². The molecule has 0 saturated heterocycles. The van der Waals surface area contributed by atoms with E-state index in [4.69, 9.17) is 34.8 Å². The van der Waals surface area contributed by atoms with Crippen LogP contribution in [0.5, 0.6) is 0 Å². The van der Waals surface area contributed by atoms with Crippen LogP contribution in [0.2, 0.25) is 15.1 Å². The van der Waals surface area contributed by atoms with Gasteiger partial charge in [-0.3, -0.25) is 9.59 Å². The maximum absolute atomic E-state index is 12.7. The monoisotopic (exact) mass is 772 g/mol. The number of hydrogen-bond acceptors (Lipinski definition) is 6. The predicted molar refractivity (Wildman–Crippen MR) is 221 cm³/mol. The predicted octanol–water partition coefficient (Wildman–Crippen LogP) is 13.2. The molecule has 9 heteroatoms. The van der Waals surface area contributed by atoms with E-state index in [2.05, 4.69) is 36.9 Å². The molecule has 2 aromatic heterocycles. The summed E-state index contributed by atoms with van der Waals surface area (Å²) in [7, 11) is 0. The third-order valence-electron chi connectivity index (χ3n) is 7.55. The molecule has 0 spiro atoms. The lowest BCUT2D eigenvalue weighted by Gasteiger charge is -2.08. The fourth-order valence-electron chi connectivity index (χ4n) is 5.05. The Morgan fingerprint density at radius 3 is 1.51 bits per heavy atom. The minimum absolute atomic E-state index is 0.00733. The summed E-state index contributed by atoms with van der Waals surface area (Å²) >= 11 is 27.6. The lowest BCUT2D eigenvalue weighted by Crippen LogP contribution is -2.01. The van der Waals surface area contributed by atoms with Crippen molar-refractivity contribution in [1.82, 2.24) is 0 Å². The molecule has 0 amide bonds. The van der Waals surface area contributed by atoms with Crippen molar-refractivity contribution in [3.05, 3.63) is 180 Å². The average Bonchev–Trinajstić information content (AvgIpc) is 3.15. The maximum Gasteiger partial charge on any atom is 0.195 e. The molecular formula is C40H27Cl3O2S4. The highest BCUT2D eigenvalue weighted by Gasteiger charge is 2.13. The first kappa shape index (κ1) is 35.5. The van der Waals surface area contributed by atoms with Crippen LogP contribution in [0.3, 0.4) is 0 Å². The van der Waals surface area contributed by atoms with Gasteiger partial charge in [0.15, 0.2) is 10.9 Å². The van der Waals surface area contributed by atoms with Gasteiger partial charge >= 0.3 is 0 Å². The van der Waals surface area contributed by atoms with Gasteiger partial charge in [-0.2, -0.15) is 12.6 Å². The first-order valence-corrected chi connectivity index (χ1v) is 19.5. The standard InChI is InChI=1S/C20H13ClOS2.C13H6Cl2OS.C7H8S/c21-18-17(23-12-13-6-2-1-3-7-13)11-10-15-19(22)14-8-4-5-9-16(14)24-20(15)18;14-9-6-5-8-12(16)7-3-1-2-4-10(7)17-13(8)11(9)15;8-6-7-4-2-1-3-5-7/h1-11H,12H2;1-6H;1-5,8H,6H2. The highest BCUT2D eigenvalue weighted by Crippen LogP contribution is 2.38. The summed E-state index contributed by atoms with van der Waals surface area (Å²) in [6, 6.07) is 42.9. The molecule has 8 aromatic rings. The minimum atomic E-state index is 0.00733. The van der Waals surface area contributed by atoms with Crippen molar-refractivity contribution in [2.24, 2.45) is 0 Å². The summed E-state index contributed by atoms with van der Waals surface area (Å²) in [5.74, 6) is 1.69. The van der Waals surface area contributed by atoms with E-state index in [1.54, 1.807) is 35.2 Å². The first-order chi connectivity index (χ1) is 23.9. The van der Waals surface area contributed by atoms with Gasteiger partial charge in [0.05, 0.1) is 24.5 Å². The van der Waals surface area contributed by atoms with Crippen molar-refractivity contribution in [1.29, 1.82) is 0 Å². The van der Waals surface area contributed by atoms with Gasteiger partial charge < -0.3 is 0 Å². The summed E-state index contributed by atoms with van der Waals surface area (Å²) < 4.78 is 3.53. The first-order valence-electron chi connectivity index (χ1n) is 15.1. The maximum atomic E-state index is 12.7. The molecule has 0 aliphatic rings. The van der Waals surface area contributed by atoms with Crippen LogP contribution < -0.4 is 10.9 Å². The normalized spacial score (nSPS) is 10.9. The highest BCUT2D eigenvalue weighted by atomic mass is 35.5. The van der Waals surface area contributed by atoms with E-state index in [1.807, 2.05) is 97.1 Å². The van der Waals surface area contributed by atoms with Crippen LogP contribution >= 0.6 is 81.9 Å². The number of thioether (sulfide) groups is 1. The van der Waals surface area contributed by atoms with Crippen LogP contribution in [0.4, 0.5) is 0 Å². The Balaban J connectivity index is 0.000000144. The van der Waals surface area contributed by atoms with Gasteiger partial charge in [0.25, 0.3) is 0 Å². The summed E-state index contributed by atoms with van der Waals surface area (Å²) in [6.45, 7) is 0. The molecule has 0 N–H and O–H groups in total. The van der Waals surface area contributed by atoms with Gasteiger partial charge in [0.1, 0.15) is 0 Å². The second-order valence-electron chi connectivity index (χ2n) is 10.8. The fourth-order valence-corrected chi connectivity index (χ4v) is 9.39. The average molecular weight is 774 g/mol. The molecule has 0 saturated carbocycles. The number of halogens is 3. The van der Waals surface area contributed by atoms with Gasteiger partial charge in [-0.05, 0) is 59.7 Å². The van der Waals surface area contributed by atoms with E-state index < -0.39 is 0 Å². The molecule has 0 radical (unpaired) electrons. The SMILES string of the molecule is O=c1c2ccccc2sc2c(Cl)c(Cl)ccc12.O=c1c2ccccc2sc2c(Cl)c(SCc3ccccc3)ccc12.SCc1ccccc1. The molecule has 0 aliphatic carbocycles. The van der Waals surface area contributed by atoms with E-state index in [9.17, 15) is 9.59 Å². The van der Waals surface area contributed by atoms with Gasteiger partial charge in [-0.15, -0.1) is 34.4 Å². The number of hydrogen-bond donors (Lipinski definition) is 1. The summed E-state index contributed by atoms with van der Waals surface area (Å²) in [5.41, 5.74) is 2.59. The van der Waals surface area contributed by atoms with E-state index in [-0.39, 0.29) is 10.9 Å².